The van der Waals surface area contributed by atoms with Gasteiger partial charge in [0.05, 0.1) is 0 Å². The molecule has 1 aliphatic rings. The van der Waals surface area contributed by atoms with E-state index in [1.165, 1.54) is 0 Å². The van der Waals surface area contributed by atoms with Gasteiger partial charge in [-0.25, -0.2) is 0 Å². The van der Waals surface area contributed by atoms with E-state index in [0.717, 1.165) is 35.9 Å². The van der Waals surface area contributed by atoms with Crippen molar-refractivity contribution in [2.75, 3.05) is 23.0 Å². The van der Waals surface area contributed by atoms with Crippen LogP contribution in [0, 0.1) is 11.8 Å². The normalized spacial score (nSPS) is 28.8. The minimum atomic E-state index is 0.0493. The first-order valence-electron chi connectivity index (χ1n) is 6.98. The maximum atomic E-state index is 12.2. The van der Waals surface area contributed by atoms with Crippen LogP contribution in [0.1, 0.15) is 33.1 Å². The van der Waals surface area contributed by atoms with Crippen molar-refractivity contribution in [1.82, 2.24) is 0 Å². The van der Waals surface area contributed by atoms with Crippen molar-refractivity contribution in [3.63, 3.8) is 0 Å². The fraction of sp³-hybridized carbons (Fsp3) is 0.733. The molecule has 0 saturated carbocycles. The van der Waals surface area contributed by atoms with Crippen molar-refractivity contribution in [2.24, 2.45) is 11.8 Å². The van der Waals surface area contributed by atoms with Gasteiger partial charge in [0.15, 0.2) is 0 Å². The SMILES string of the molecule is CC[C@H]1CSC/C=C\CSC[C@@H](C(C)=O)CCC1=O. The van der Waals surface area contributed by atoms with Crippen LogP contribution in [0.3, 0.4) is 0 Å². The van der Waals surface area contributed by atoms with Gasteiger partial charge in [-0.15, -0.1) is 0 Å². The molecule has 19 heavy (non-hydrogen) atoms. The highest BCUT2D eigenvalue weighted by Gasteiger charge is 2.20. The molecule has 0 spiro atoms. The van der Waals surface area contributed by atoms with Crippen molar-refractivity contribution >= 4 is 35.1 Å². The average Bonchev–Trinajstić information content (AvgIpc) is 2.40. The summed E-state index contributed by atoms with van der Waals surface area (Å²) in [4.78, 5) is 23.8. The third-order valence-electron chi connectivity index (χ3n) is 3.50. The predicted molar refractivity (Wildman–Crippen MR) is 86.0 cm³/mol. The molecule has 108 valence electrons. The van der Waals surface area contributed by atoms with Crippen LogP contribution < -0.4 is 0 Å². The molecule has 0 aromatic heterocycles. The lowest BCUT2D eigenvalue weighted by molar-refractivity contribution is -0.123. The van der Waals surface area contributed by atoms with Crippen molar-refractivity contribution in [2.45, 2.75) is 33.1 Å². The first-order valence-corrected chi connectivity index (χ1v) is 9.29. The molecule has 1 rings (SSSR count). The van der Waals surface area contributed by atoms with E-state index in [2.05, 4.69) is 19.1 Å². The molecule has 0 aromatic carbocycles. The molecule has 0 aromatic rings. The fourth-order valence-electron chi connectivity index (χ4n) is 2.06. The van der Waals surface area contributed by atoms with Crippen molar-refractivity contribution < 1.29 is 9.59 Å². The van der Waals surface area contributed by atoms with Crippen LogP contribution in [0.25, 0.3) is 0 Å². The zero-order valence-corrected chi connectivity index (χ0v) is 13.5. The van der Waals surface area contributed by atoms with Crippen molar-refractivity contribution in [1.29, 1.82) is 0 Å². The molecule has 4 heteroatoms. The topological polar surface area (TPSA) is 34.1 Å². The molecule has 1 heterocycles. The Morgan fingerprint density at radius 1 is 1.26 bits per heavy atom. The fourth-order valence-corrected chi connectivity index (χ4v) is 4.26. The van der Waals surface area contributed by atoms with Gasteiger partial charge in [-0.1, -0.05) is 19.1 Å². The van der Waals surface area contributed by atoms with Crippen LogP contribution >= 0.6 is 23.5 Å². The second kappa shape index (κ2) is 9.65. The Kier molecular flexibility index (Phi) is 8.55. The number of rotatable bonds is 2. The largest absolute Gasteiger partial charge is 0.300 e. The summed E-state index contributed by atoms with van der Waals surface area (Å²) < 4.78 is 0. The maximum Gasteiger partial charge on any atom is 0.136 e. The number of carbonyl (C=O) groups excluding carboxylic acids is 2. The standard InChI is InChI=1S/C15H24O2S2/c1-3-13-10-18-8-4-5-9-19-11-14(12(2)16)6-7-15(13)17/h4-5,13-14H,3,6-11H2,1-2H3/b5-4-/t13-,14-/m0/s1. The predicted octanol–water partition coefficient (Wildman–Crippen LogP) is 3.60. The van der Waals surface area contributed by atoms with Gasteiger partial charge >= 0.3 is 0 Å². The lowest BCUT2D eigenvalue weighted by Crippen LogP contribution is -2.20. The molecule has 1 aliphatic heterocycles. The van der Waals surface area contributed by atoms with E-state index in [-0.39, 0.29) is 17.6 Å². The van der Waals surface area contributed by atoms with Crippen LogP contribution in [-0.4, -0.2) is 34.6 Å². The van der Waals surface area contributed by atoms with Crippen LogP contribution in [0.4, 0.5) is 0 Å². The molecule has 0 radical (unpaired) electrons. The summed E-state index contributed by atoms with van der Waals surface area (Å²) in [6.07, 6.45) is 6.56. The quantitative estimate of drug-likeness (QED) is 0.730. The second-order valence-electron chi connectivity index (χ2n) is 4.96. The molecular formula is C15H24O2S2. The molecule has 0 N–H and O–H groups in total. The van der Waals surface area contributed by atoms with Crippen LogP contribution in [0.2, 0.25) is 0 Å². The zero-order valence-electron chi connectivity index (χ0n) is 11.9. The Balaban J connectivity index is 2.63. The minimum absolute atomic E-state index is 0.0493. The van der Waals surface area contributed by atoms with Crippen LogP contribution in [0.5, 0.6) is 0 Å². The summed E-state index contributed by atoms with van der Waals surface area (Å²) >= 11 is 3.62. The highest BCUT2D eigenvalue weighted by Crippen LogP contribution is 2.21. The van der Waals surface area contributed by atoms with Gasteiger partial charge in [0.1, 0.15) is 11.6 Å². The Morgan fingerprint density at radius 3 is 2.47 bits per heavy atom. The summed E-state index contributed by atoms with van der Waals surface area (Å²) in [5.74, 6) is 4.49. The minimum Gasteiger partial charge on any atom is -0.300 e. The lowest BCUT2D eigenvalue weighted by atomic mass is 9.94. The number of hydrogen-bond acceptors (Lipinski definition) is 4. The van der Waals surface area contributed by atoms with Gasteiger partial charge < -0.3 is 0 Å². The van der Waals surface area contributed by atoms with Gasteiger partial charge in [0.2, 0.25) is 0 Å². The lowest BCUT2D eigenvalue weighted by Gasteiger charge is -2.15. The number of thioether (sulfide) groups is 2. The molecule has 0 bridgehead atoms. The molecule has 0 saturated heterocycles. The van der Waals surface area contributed by atoms with E-state index in [1.54, 1.807) is 18.7 Å². The first kappa shape index (κ1) is 16.8. The summed E-state index contributed by atoms with van der Waals surface area (Å²) in [7, 11) is 0. The van der Waals surface area contributed by atoms with Crippen LogP contribution in [0.15, 0.2) is 12.2 Å². The van der Waals surface area contributed by atoms with E-state index < -0.39 is 0 Å². The van der Waals surface area contributed by atoms with Crippen molar-refractivity contribution in [3.8, 4) is 0 Å². The number of hydrogen-bond donors (Lipinski definition) is 0. The van der Waals surface area contributed by atoms with Gasteiger partial charge in [-0.05, 0) is 19.8 Å². The average molecular weight is 300 g/mol. The molecule has 0 fully saturated rings. The summed E-state index contributed by atoms with van der Waals surface area (Å²) in [5.41, 5.74) is 0. The van der Waals surface area contributed by atoms with E-state index in [4.69, 9.17) is 0 Å². The molecule has 0 aliphatic carbocycles. The third-order valence-corrected chi connectivity index (χ3v) is 5.63. The first-order chi connectivity index (χ1) is 9.15. The third kappa shape index (κ3) is 6.66. The second-order valence-corrected chi connectivity index (χ2v) is 7.11. The summed E-state index contributed by atoms with van der Waals surface area (Å²) in [6, 6.07) is 0. The Bertz CT molecular complexity index is 326. The smallest absolute Gasteiger partial charge is 0.136 e. The van der Waals surface area contributed by atoms with Crippen LogP contribution in [-0.2, 0) is 9.59 Å². The summed E-state index contributed by atoms with van der Waals surface area (Å²) in [6.45, 7) is 3.73. The molecular weight excluding hydrogens is 276 g/mol. The maximum absolute atomic E-state index is 12.2. The molecule has 2 nitrogen and oxygen atoms in total. The van der Waals surface area contributed by atoms with Gasteiger partial charge in [0, 0.05) is 41.3 Å². The molecule has 2 atom stereocenters. The van der Waals surface area contributed by atoms with Gasteiger partial charge in [-0.3, -0.25) is 9.59 Å². The number of ketones is 2. The van der Waals surface area contributed by atoms with E-state index in [1.807, 2.05) is 11.8 Å². The highest BCUT2D eigenvalue weighted by atomic mass is 32.2. The van der Waals surface area contributed by atoms with E-state index in [9.17, 15) is 9.59 Å². The van der Waals surface area contributed by atoms with Crippen molar-refractivity contribution in [3.05, 3.63) is 12.2 Å². The Morgan fingerprint density at radius 2 is 1.89 bits per heavy atom. The Labute approximate surface area is 125 Å². The number of Topliss-reactive ketones (excluding diaryl/α,β-unsaturated/α-hetero) is 2. The summed E-state index contributed by atoms with van der Waals surface area (Å²) in [5, 5.41) is 0. The zero-order chi connectivity index (χ0) is 14.1. The molecule has 0 amide bonds. The Hall–Kier alpha value is -0.220. The molecule has 0 unspecified atom stereocenters. The number of carbonyl (C=O) groups is 2. The highest BCUT2D eigenvalue weighted by molar-refractivity contribution is 7.99. The van der Waals surface area contributed by atoms with E-state index in [0.29, 0.717) is 12.2 Å². The van der Waals surface area contributed by atoms with Gasteiger partial charge in [0.25, 0.3) is 0 Å². The van der Waals surface area contributed by atoms with E-state index >= 15 is 0 Å². The monoisotopic (exact) mass is 300 g/mol. The van der Waals surface area contributed by atoms with Gasteiger partial charge in [-0.2, -0.15) is 23.5 Å².